The van der Waals surface area contributed by atoms with Crippen LogP contribution in [0.25, 0.3) is 0 Å². The van der Waals surface area contributed by atoms with Crippen molar-refractivity contribution in [3.8, 4) is 5.75 Å². The molecular formula is C19H29N3O3. The first-order valence-electron chi connectivity index (χ1n) is 9.16. The monoisotopic (exact) mass is 347 g/mol. The summed E-state index contributed by atoms with van der Waals surface area (Å²) in [6, 6.07) is 7.64. The third-order valence-corrected chi connectivity index (χ3v) is 4.25. The summed E-state index contributed by atoms with van der Waals surface area (Å²) in [5, 5.41) is 2.90. The minimum Gasteiger partial charge on any atom is -0.494 e. The summed E-state index contributed by atoms with van der Waals surface area (Å²) in [5.41, 5.74) is 0.982. The molecule has 1 fully saturated rings. The van der Waals surface area contributed by atoms with E-state index >= 15 is 0 Å². The molecule has 0 atom stereocenters. The van der Waals surface area contributed by atoms with Crippen LogP contribution in [0, 0.1) is 0 Å². The van der Waals surface area contributed by atoms with E-state index in [2.05, 4.69) is 5.32 Å². The van der Waals surface area contributed by atoms with Gasteiger partial charge in [0, 0.05) is 32.7 Å². The molecule has 6 nitrogen and oxygen atoms in total. The Labute approximate surface area is 150 Å². The zero-order chi connectivity index (χ0) is 18.1. The van der Waals surface area contributed by atoms with Crippen LogP contribution in [-0.4, -0.2) is 61.1 Å². The van der Waals surface area contributed by atoms with Gasteiger partial charge < -0.3 is 19.9 Å². The van der Waals surface area contributed by atoms with E-state index in [9.17, 15) is 9.59 Å². The number of carbonyl (C=O) groups excluding carboxylic acids is 2. The maximum Gasteiger partial charge on any atom is 0.317 e. The second-order valence-electron chi connectivity index (χ2n) is 6.21. The van der Waals surface area contributed by atoms with Gasteiger partial charge in [-0.2, -0.15) is 0 Å². The van der Waals surface area contributed by atoms with E-state index in [0.29, 0.717) is 45.8 Å². The molecule has 1 heterocycles. The highest BCUT2D eigenvalue weighted by Crippen LogP contribution is 2.14. The van der Waals surface area contributed by atoms with Crippen LogP contribution in [0.5, 0.6) is 5.75 Å². The fourth-order valence-electron chi connectivity index (χ4n) is 2.87. The van der Waals surface area contributed by atoms with Crippen molar-refractivity contribution in [2.75, 3.05) is 39.3 Å². The van der Waals surface area contributed by atoms with E-state index < -0.39 is 0 Å². The Balaban J connectivity index is 1.84. The van der Waals surface area contributed by atoms with Gasteiger partial charge in [0.2, 0.25) is 5.91 Å². The van der Waals surface area contributed by atoms with Crippen LogP contribution in [-0.2, 0) is 11.2 Å². The van der Waals surface area contributed by atoms with Crippen molar-refractivity contribution in [3.63, 3.8) is 0 Å². The Kier molecular flexibility index (Phi) is 7.57. The van der Waals surface area contributed by atoms with E-state index in [1.807, 2.05) is 43.0 Å². The lowest BCUT2D eigenvalue weighted by Crippen LogP contribution is -2.43. The third kappa shape index (κ3) is 5.96. The van der Waals surface area contributed by atoms with E-state index in [0.717, 1.165) is 24.2 Å². The van der Waals surface area contributed by atoms with E-state index in [4.69, 9.17) is 4.74 Å². The summed E-state index contributed by atoms with van der Waals surface area (Å²) in [7, 11) is 0. The van der Waals surface area contributed by atoms with Crippen molar-refractivity contribution in [2.24, 2.45) is 0 Å². The predicted octanol–water partition coefficient (Wildman–Crippen LogP) is 2.28. The van der Waals surface area contributed by atoms with Crippen molar-refractivity contribution < 1.29 is 14.3 Å². The van der Waals surface area contributed by atoms with E-state index in [1.165, 1.54) is 0 Å². The Bertz CT molecular complexity index is 560. The topological polar surface area (TPSA) is 61.9 Å². The van der Waals surface area contributed by atoms with Gasteiger partial charge in [-0.3, -0.25) is 4.79 Å². The molecule has 2 rings (SSSR count). The molecule has 0 aliphatic carbocycles. The van der Waals surface area contributed by atoms with Crippen molar-refractivity contribution in [1.82, 2.24) is 15.1 Å². The van der Waals surface area contributed by atoms with Gasteiger partial charge in [-0.25, -0.2) is 4.79 Å². The molecule has 0 bridgehead atoms. The number of urea groups is 1. The summed E-state index contributed by atoms with van der Waals surface area (Å²) in [6.45, 7) is 7.88. The van der Waals surface area contributed by atoms with Gasteiger partial charge in [0.25, 0.3) is 0 Å². The fourth-order valence-corrected chi connectivity index (χ4v) is 2.87. The highest BCUT2D eigenvalue weighted by molar-refractivity contribution is 5.79. The summed E-state index contributed by atoms with van der Waals surface area (Å²) in [4.78, 5) is 28.3. The van der Waals surface area contributed by atoms with Gasteiger partial charge in [0.15, 0.2) is 0 Å². The van der Waals surface area contributed by atoms with Crippen LogP contribution in [0.15, 0.2) is 24.3 Å². The molecule has 25 heavy (non-hydrogen) atoms. The third-order valence-electron chi connectivity index (χ3n) is 4.25. The first-order chi connectivity index (χ1) is 12.1. The lowest BCUT2D eigenvalue weighted by atomic mass is 10.1. The Morgan fingerprint density at radius 3 is 2.40 bits per heavy atom. The molecule has 1 N–H and O–H groups in total. The van der Waals surface area contributed by atoms with Crippen LogP contribution >= 0.6 is 0 Å². The van der Waals surface area contributed by atoms with Crippen molar-refractivity contribution >= 4 is 11.9 Å². The van der Waals surface area contributed by atoms with Crippen LogP contribution < -0.4 is 10.1 Å². The number of hydrogen-bond donors (Lipinski definition) is 1. The largest absolute Gasteiger partial charge is 0.494 e. The van der Waals surface area contributed by atoms with Crippen LogP contribution in [0.2, 0.25) is 0 Å². The molecule has 1 aromatic carbocycles. The van der Waals surface area contributed by atoms with Gasteiger partial charge in [-0.05, 0) is 37.5 Å². The minimum absolute atomic E-state index is 0.0253. The molecule has 1 aliphatic heterocycles. The van der Waals surface area contributed by atoms with Gasteiger partial charge in [0.1, 0.15) is 5.75 Å². The zero-order valence-electron chi connectivity index (χ0n) is 15.3. The standard InChI is InChI=1S/C19H29N3O3/c1-3-10-20-19(24)22-12-5-11-21(13-14-22)18(23)15-16-6-8-17(9-7-16)25-4-2/h6-9H,3-5,10-15H2,1-2H3,(H,20,24). The average Bonchev–Trinajstić information content (AvgIpc) is 2.88. The Morgan fingerprint density at radius 2 is 1.72 bits per heavy atom. The molecule has 0 spiro atoms. The minimum atomic E-state index is -0.0253. The number of carbonyl (C=O) groups is 2. The first-order valence-corrected chi connectivity index (χ1v) is 9.16. The maximum atomic E-state index is 12.6. The fraction of sp³-hybridized carbons (Fsp3) is 0.579. The van der Waals surface area contributed by atoms with Crippen LogP contribution in [0.1, 0.15) is 32.3 Å². The van der Waals surface area contributed by atoms with Crippen LogP contribution in [0.4, 0.5) is 4.79 Å². The Morgan fingerprint density at radius 1 is 1.04 bits per heavy atom. The molecule has 3 amide bonds. The van der Waals surface area contributed by atoms with Gasteiger partial charge in [-0.1, -0.05) is 19.1 Å². The van der Waals surface area contributed by atoms with Crippen LogP contribution in [0.3, 0.4) is 0 Å². The number of nitrogens with one attached hydrogen (secondary N) is 1. The lowest BCUT2D eigenvalue weighted by Gasteiger charge is -2.22. The maximum absolute atomic E-state index is 12.6. The van der Waals surface area contributed by atoms with Gasteiger partial charge >= 0.3 is 6.03 Å². The highest BCUT2D eigenvalue weighted by Gasteiger charge is 2.21. The lowest BCUT2D eigenvalue weighted by molar-refractivity contribution is -0.130. The zero-order valence-corrected chi connectivity index (χ0v) is 15.3. The summed E-state index contributed by atoms with van der Waals surface area (Å²) >= 11 is 0. The van der Waals surface area contributed by atoms with Crippen molar-refractivity contribution in [1.29, 1.82) is 0 Å². The smallest absolute Gasteiger partial charge is 0.317 e. The number of amides is 3. The Hall–Kier alpha value is -2.24. The molecule has 0 radical (unpaired) electrons. The summed E-state index contributed by atoms with van der Waals surface area (Å²) in [5.74, 6) is 0.933. The SMILES string of the molecule is CCCNC(=O)N1CCCN(C(=O)Cc2ccc(OCC)cc2)CC1. The molecule has 6 heteroatoms. The molecule has 1 aromatic rings. The molecule has 0 aromatic heterocycles. The number of benzene rings is 1. The second kappa shape index (κ2) is 9.91. The van der Waals surface area contributed by atoms with Gasteiger partial charge in [0.05, 0.1) is 13.0 Å². The van der Waals surface area contributed by atoms with E-state index in [1.54, 1.807) is 4.90 Å². The molecular weight excluding hydrogens is 318 g/mol. The van der Waals surface area contributed by atoms with Crippen molar-refractivity contribution in [3.05, 3.63) is 29.8 Å². The molecule has 1 saturated heterocycles. The highest BCUT2D eigenvalue weighted by atomic mass is 16.5. The summed E-state index contributed by atoms with van der Waals surface area (Å²) in [6.07, 6.45) is 2.12. The number of hydrogen-bond acceptors (Lipinski definition) is 3. The molecule has 138 valence electrons. The quantitative estimate of drug-likeness (QED) is 0.859. The summed E-state index contributed by atoms with van der Waals surface area (Å²) < 4.78 is 5.42. The van der Waals surface area contributed by atoms with E-state index in [-0.39, 0.29) is 11.9 Å². The molecule has 0 saturated carbocycles. The molecule has 1 aliphatic rings. The average molecular weight is 347 g/mol. The second-order valence-corrected chi connectivity index (χ2v) is 6.21. The number of rotatable bonds is 6. The normalized spacial score (nSPS) is 14.8. The molecule has 0 unspecified atom stereocenters. The van der Waals surface area contributed by atoms with Crippen molar-refractivity contribution in [2.45, 2.75) is 33.1 Å². The number of ether oxygens (including phenoxy) is 1. The predicted molar refractivity (Wildman–Crippen MR) is 97.8 cm³/mol. The number of nitrogens with zero attached hydrogens (tertiary/aromatic N) is 2. The first kappa shape index (κ1) is 19.1. The van der Waals surface area contributed by atoms with Gasteiger partial charge in [-0.15, -0.1) is 0 Å².